The first-order chi connectivity index (χ1) is 13.9. The number of halogens is 1. The number of hydrogen-bond acceptors (Lipinski definition) is 4. The first-order valence-electron chi connectivity index (χ1n) is 8.86. The number of nitrogens with zero attached hydrogens (tertiary/aromatic N) is 2. The largest absolute Gasteiger partial charge is 0.359 e. The second-order valence-electron chi connectivity index (χ2n) is 6.40. The molecule has 1 saturated heterocycles. The highest BCUT2D eigenvalue weighted by Crippen LogP contribution is 2.22. The number of amides is 3. The lowest BCUT2D eigenvalue weighted by Crippen LogP contribution is -2.50. The molecule has 1 aliphatic heterocycles. The fourth-order valence-electron chi connectivity index (χ4n) is 2.92. The van der Waals surface area contributed by atoms with Gasteiger partial charge in [0.25, 0.3) is 11.8 Å². The van der Waals surface area contributed by atoms with E-state index in [1.807, 2.05) is 30.3 Å². The van der Waals surface area contributed by atoms with Crippen LogP contribution in [0.15, 0.2) is 54.6 Å². The molecule has 1 atom stereocenters. The van der Waals surface area contributed by atoms with Crippen molar-refractivity contribution in [2.24, 2.45) is 0 Å². The minimum absolute atomic E-state index is 0.134. The topological polar surface area (TPSA) is 81.8 Å². The molecule has 1 heterocycles. The Kier molecular flexibility index (Phi) is 6.46. The molecule has 2 N–H and O–H groups in total. The Bertz CT molecular complexity index is 937. The summed E-state index contributed by atoms with van der Waals surface area (Å²) in [5.41, 5.74) is 3.89. The molecule has 7 nitrogen and oxygen atoms in total. The smallest absolute Gasteiger partial charge is 0.269 e. The van der Waals surface area contributed by atoms with Crippen LogP contribution in [-0.2, 0) is 16.1 Å². The average molecular weight is 431 g/mol. The maximum Gasteiger partial charge on any atom is 0.269 e. The molecule has 2 aromatic carbocycles. The average Bonchev–Trinajstić information content (AvgIpc) is 2.93. The molecule has 0 spiro atoms. The van der Waals surface area contributed by atoms with Crippen LogP contribution in [0.5, 0.6) is 0 Å². The van der Waals surface area contributed by atoms with Gasteiger partial charge >= 0.3 is 0 Å². The van der Waals surface area contributed by atoms with Crippen LogP contribution < -0.4 is 10.7 Å². The molecule has 0 bridgehead atoms. The van der Waals surface area contributed by atoms with Gasteiger partial charge in [-0.15, -0.1) is 0 Å². The van der Waals surface area contributed by atoms with Crippen LogP contribution in [0.25, 0.3) is 0 Å². The van der Waals surface area contributed by atoms with E-state index in [1.165, 1.54) is 17.0 Å². The van der Waals surface area contributed by atoms with Crippen LogP contribution in [0.1, 0.15) is 22.3 Å². The van der Waals surface area contributed by atoms with Crippen LogP contribution in [0.3, 0.4) is 0 Å². The van der Waals surface area contributed by atoms with Gasteiger partial charge in [0.2, 0.25) is 5.91 Å². The van der Waals surface area contributed by atoms with Crippen LogP contribution in [0, 0.1) is 0 Å². The van der Waals surface area contributed by atoms with E-state index in [2.05, 4.69) is 10.7 Å². The van der Waals surface area contributed by atoms with Gasteiger partial charge in [0, 0.05) is 17.6 Å². The normalized spacial score (nSPS) is 16.1. The Morgan fingerprint density at radius 3 is 2.38 bits per heavy atom. The first-order valence-corrected chi connectivity index (χ1v) is 9.65. The van der Waals surface area contributed by atoms with E-state index in [0.717, 1.165) is 5.56 Å². The SMILES string of the molecule is CNC(=O)CC1C(=O)N(Cc2ccccc2)C(=S)N1NC(=O)c1ccc(Cl)cc1. The molecular weight excluding hydrogens is 412 g/mol. The van der Waals surface area contributed by atoms with Gasteiger partial charge in [-0.25, -0.2) is 5.01 Å². The van der Waals surface area contributed by atoms with Crippen LogP contribution in [-0.4, -0.2) is 45.8 Å². The molecule has 0 aromatic heterocycles. The van der Waals surface area contributed by atoms with E-state index in [0.29, 0.717) is 10.6 Å². The van der Waals surface area contributed by atoms with Crippen molar-refractivity contribution in [3.8, 4) is 0 Å². The third-order valence-corrected chi connectivity index (χ3v) is 5.14. The van der Waals surface area contributed by atoms with Gasteiger partial charge in [-0.2, -0.15) is 0 Å². The zero-order chi connectivity index (χ0) is 21.0. The molecule has 9 heteroatoms. The van der Waals surface area contributed by atoms with Gasteiger partial charge in [0.05, 0.1) is 13.0 Å². The van der Waals surface area contributed by atoms with Gasteiger partial charge < -0.3 is 5.32 Å². The molecule has 1 unspecified atom stereocenters. The Labute approximate surface area is 178 Å². The van der Waals surface area contributed by atoms with Crippen LogP contribution in [0.2, 0.25) is 5.02 Å². The number of nitrogens with one attached hydrogen (secondary N) is 2. The maximum atomic E-state index is 13.0. The standard InChI is InChI=1S/C20H19ClN4O3S/c1-22-17(26)11-16-19(28)24(12-13-5-3-2-4-6-13)20(29)25(16)23-18(27)14-7-9-15(21)10-8-14/h2-10,16H,11-12H2,1H3,(H,22,26)(H,23,27). The number of carbonyl (C=O) groups is 3. The molecule has 2 aromatic rings. The van der Waals surface area contributed by atoms with Gasteiger partial charge in [-0.05, 0) is 42.0 Å². The highest BCUT2D eigenvalue weighted by atomic mass is 35.5. The fraction of sp³-hybridized carbons (Fsp3) is 0.200. The van der Waals surface area contributed by atoms with E-state index in [4.69, 9.17) is 23.8 Å². The number of rotatable bonds is 6. The van der Waals surface area contributed by atoms with Crippen molar-refractivity contribution in [3.05, 3.63) is 70.7 Å². The summed E-state index contributed by atoms with van der Waals surface area (Å²) in [6.07, 6.45) is -0.137. The number of hydrazine groups is 1. The van der Waals surface area contributed by atoms with Crippen molar-refractivity contribution in [1.29, 1.82) is 0 Å². The summed E-state index contributed by atoms with van der Waals surface area (Å²) < 4.78 is 0. The Morgan fingerprint density at radius 2 is 1.76 bits per heavy atom. The summed E-state index contributed by atoms with van der Waals surface area (Å²) in [5.74, 6) is -1.14. The predicted octanol–water partition coefficient (Wildman–Crippen LogP) is 2.12. The summed E-state index contributed by atoms with van der Waals surface area (Å²) >= 11 is 11.3. The lowest BCUT2D eigenvalue weighted by molar-refractivity contribution is -0.132. The molecule has 0 saturated carbocycles. The molecule has 29 heavy (non-hydrogen) atoms. The lowest BCUT2D eigenvalue weighted by Gasteiger charge is -2.24. The quantitative estimate of drug-likeness (QED) is 0.686. The van der Waals surface area contributed by atoms with E-state index >= 15 is 0 Å². The van der Waals surface area contributed by atoms with Gasteiger partial charge in [-0.3, -0.25) is 24.7 Å². The van der Waals surface area contributed by atoms with Crippen molar-refractivity contribution < 1.29 is 14.4 Å². The van der Waals surface area contributed by atoms with Crippen molar-refractivity contribution in [1.82, 2.24) is 20.7 Å². The van der Waals surface area contributed by atoms with Gasteiger partial charge in [0.1, 0.15) is 6.04 Å². The summed E-state index contributed by atoms with van der Waals surface area (Å²) in [6.45, 7) is 0.246. The van der Waals surface area contributed by atoms with Crippen molar-refractivity contribution >= 4 is 46.7 Å². The number of thiocarbonyl (C=S) groups is 1. The molecule has 3 amide bonds. The minimum Gasteiger partial charge on any atom is -0.359 e. The number of benzene rings is 2. The summed E-state index contributed by atoms with van der Waals surface area (Å²) in [4.78, 5) is 39.0. The molecule has 1 fully saturated rings. The summed E-state index contributed by atoms with van der Waals surface area (Å²) in [7, 11) is 1.48. The van der Waals surface area contributed by atoms with Crippen molar-refractivity contribution in [2.45, 2.75) is 19.0 Å². The van der Waals surface area contributed by atoms with Crippen molar-refractivity contribution in [3.63, 3.8) is 0 Å². The van der Waals surface area contributed by atoms with E-state index < -0.39 is 11.9 Å². The third kappa shape index (κ3) is 4.72. The monoisotopic (exact) mass is 430 g/mol. The predicted molar refractivity (Wildman–Crippen MR) is 113 cm³/mol. The fourth-order valence-corrected chi connectivity index (χ4v) is 3.37. The van der Waals surface area contributed by atoms with E-state index in [-0.39, 0.29) is 29.9 Å². The number of carbonyl (C=O) groups excluding carboxylic acids is 3. The van der Waals surface area contributed by atoms with Crippen LogP contribution in [0.4, 0.5) is 0 Å². The molecule has 0 aliphatic carbocycles. The first kappa shape index (κ1) is 20.8. The number of hydrogen-bond donors (Lipinski definition) is 2. The van der Waals surface area contributed by atoms with Crippen LogP contribution >= 0.6 is 23.8 Å². The maximum absolute atomic E-state index is 13.0. The summed E-state index contributed by atoms with van der Waals surface area (Å²) in [5, 5.41) is 4.42. The Hall–Kier alpha value is -2.97. The van der Waals surface area contributed by atoms with Gasteiger partial charge in [0.15, 0.2) is 5.11 Å². The second kappa shape index (κ2) is 9.02. The highest BCUT2D eigenvalue weighted by molar-refractivity contribution is 7.80. The molecular formula is C20H19ClN4O3S. The molecule has 3 rings (SSSR count). The lowest BCUT2D eigenvalue weighted by atomic mass is 10.1. The third-order valence-electron chi connectivity index (χ3n) is 4.47. The Balaban J connectivity index is 1.83. The minimum atomic E-state index is -0.928. The molecule has 0 radical (unpaired) electrons. The highest BCUT2D eigenvalue weighted by Gasteiger charge is 2.44. The van der Waals surface area contributed by atoms with Gasteiger partial charge in [-0.1, -0.05) is 41.9 Å². The Morgan fingerprint density at radius 1 is 1.10 bits per heavy atom. The zero-order valence-corrected chi connectivity index (χ0v) is 17.2. The summed E-state index contributed by atoms with van der Waals surface area (Å²) in [6, 6.07) is 14.7. The zero-order valence-electron chi connectivity index (χ0n) is 15.6. The van der Waals surface area contributed by atoms with Crippen molar-refractivity contribution in [2.75, 3.05) is 7.05 Å². The van der Waals surface area contributed by atoms with E-state index in [1.54, 1.807) is 24.3 Å². The molecule has 1 aliphatic rings. The second-order valence-corrected chi connectivity index (χ2v) is 7.21. The van der Waals surface area contributed by atoms with E-state index in [9.17, 15) is 14.4 Å². The molecule has 150 valence electrons.